The number of aliphatic carboxylic acids is 1. The molecule has 4 heteroatoms. The van der Waals surface area contributed by atoms with E-state index in [0.29, 0.717) is 6.42 Å². The first-order valence-electron chi connectivity index (χ1n) is 4.23. The molecular weight excluding hydrogens is 281 g/mol. The van der Waals surface area contributed by atoms with Crippen molar-refractivity contribution in [3.05, 3.63) is 0 Å². The molecule has 0 bridgehead atoms. The third kappa shape index (κ3) is 3.81. The van der Waals surface area contributed by atoms with Gasteiger partial charge in [-0.15, -0.1) is 0 Å². The molecule has 0 aromatic heterocycles. The van der Waals surface area contributed by atoms with Gasteiger partial charge in [0.2, 0.25) is 0 Å². The summed E-state index contributed by atoms with van der Waals surface area (Å²) in [6, 6.07) is 0. The summed E-state index contributed by atoms with van der Waals surface area (Å²) in [7, 11) is 0. The van der Waals surface area contributed by atoms with Gasteiger partial charge >= 0.3 is 5.97 Å². The third-order valence-corrected chi connectivity index (χ3v) is 3.91. The summed E-state index contributed by atoms with van der Waals surface area (Å²) in [5.74, 6) is -0.766. The lowest BCUT2D eigenvalue weighted by Gasteiger charge is -2.34. The summed E-state index contributed by atoms with van der Waals surface area (Å²) in [6.07, 6.45) is 0.583. The minimum atomic E-state index is -0.766. The van der Waals surface area contributed by atoms with Gasteiger partial charge in [-0.05, 0) is 25.7 Å². The summed E-state index contributed by atoms with van der Waals surface area (Å²) in [5.41, 5.74) is 4.92. The number of nitrogens with two attached hydrogens (primary N) is 1. The molecule has 3 nitrogen and oxygen atoms in total. The van der Waals surface area contributed by atoms with Crippen LogP contribution in [0.5, 0.6) is 0 Å². The quantitative estimate of drug-likeness (QED) is 0.475. The highest BCUT2D eigenvalue weighted by molar-refractivity contribution is 14.1. The predicted octanol–water partition coefficient (Wildman–Crippen LogP) is 2.23. The summed E-state index contributed by atoms with van der Waals surface area (Å²) >= 11 is 2.13. The first kappa shape index (κ1) is 13.2. The fourth-order valence-electron chi connectivity index (χ4n) is 1.31. The van der Waals surface area contributed by atoms with E-state index in [-0.39, 0.29) is 9.46 Å². The van der Waals surface area contributed by atoms with Crippen molar-refractivity contribution in [2.24, 2.45) is 16.6 Å². The van der Waals surface area contributed by atoms with E-state index in [2.05, 4.69) is 22.6 Å². The van der Waals surface area contributed by atoms with Crippen LogP contribution in [-0.2, 0) is 4.79 Å². The van der Waals surface area contributed by atoms with Crippen LogP contribution in [0.2, 0.25) is 0 Å². The van der Waals surface area contributed by atoms with Crippen molar-refractivity contribution >= 4 is 28.6 Å². The first-order valence-corrected chi connectivity index (χ1v) is 5.47. The van der Waals surface area contributed by atoms with Gasteiger partial charge in [-0.2, -0.15) is 0 Å². The Labute approximate surface area is 93.2 Å². The Hall–Kier alpha value is 0.160. The molecule has 0 aliphatic carbocycles. The Morgan fingerprint density at radius 3 is 2.08 bits per heavy atom. The van der Waals surface area contributed by atoms with Crippen molar-refractivity contribution in [1.29, 1.82) is 0 Å². The first-order chi connectivity index (χ1) is 5.59. The van der Waals surface area contributed by atoms with Gasteiger partial charge in [0, 0.05) is 0 Å². The fourth-order valence-corrected chi connectivity index (χ4v) is 1.53. The lowest BCUT2D eigenvalue weighted by atomic mass is 9.75. The minimum absolute atomic E-state index is 0.0243. The topological polar surface area (TPSA) is 63.3 Å². The maximum Gasteiger partial charge on any atom is 0.309 e. The van der Waals surface area contributed by atoms with Crippen molar-refractivity contribution in [1.82, 2.24) is 0 Å². The van der Waals surface area contributed by atoms with Gasteiger partial charge in [0.15, 0.2) is 0 Å². The molecule has 1 atom stereocenters. The van der Waals surface area contributed by atoms with Crippen molar-refractivity contribution in [3.8, 4) is 0 Å². The molecule has 0 rings (SSSR count). The highest BCUT2D eigenvalue weighted by Crippen LogP contribution is 2.37. The Kier molecular flexibility index (Phi) is 4.18. The number of carbonyl (C=O) groups is 1. The average molecular weight is 299 g/mol. The number of hydrogen-bond acceptors (Lipinski definition) is 2. The Balaban J connectivity index is 4.52. The summed E-state index contributed by atoms with van der Waals surface area (Å²) in [4.78, 5) is 10.9. The molecule has 0 fully saturated rings. The van der Waals surface area contributed by atoms with Crippen LogP contribution in [0.4, 0.5) is 0 Å². The highest BCUT2D eigenvalue weighted by Gasteiger charge is 2.36. The van der Waals surface area contributed by atoms with Gasteiger partial charge < -0.3 is 10.8 Å². The number of carboxylic acid groups (broad SMARTS) is 1. The van der Waals surface area contributed by atoms with Crippen molar-refractivity contribution in [3.63, 3.8) is 0 Å². The second kappa shape index (κ2) is 4.13. The largest absolute Gasteiger partial charge is 0.481 e. The number of halogens is 1. The zero-order valence-corrected chi connectivity index (χ0v) is 10.8. The molecule has 0 amide bonds. The summed E-state index contributed by atoms with van der Waals surface area (Å²) < 4.78 is -0.0243. The molecule has 3 N–H and O–H groups in total. The maximum absolute atomic E-state index is 10.9. The van der Waals surface area contributed by atoms with Gasteiger partial charge in [-0.3, -0.25) is 4.79 Å². The molecule has 0 aromatic carbocycles. The lowest BCUT2D eigenvalue weighted by Crippen LogP contribution is -2.38. The zero-order chi connectivity index (χ0) is 10.9. The highest BCUT2D eigenvalue weighted by atomic mass is 127. The molecule has 0 saturated carbocycles. The Morgan fingerprint density at radius 2 is 1.85 bits per heavy atom. The summed E-state index contributed by atoms with van der Waals surface area (Å²) in [6.45, 7) is 7.45. The van der Waals surface area contributed by atoms with E-state index in [1.165, 1.54) is 0 Å². The zero-order valence-electron chi connectivity index (χ0n) is 8.60. The minimum Gasteiger partial charge on any atom is -0.481 e. The number of carboxylic acids is 1. The standard InChI is InChI=1S/C9H18INO2/c1-8(2,6(10)11)5-9(3,4)7(12)13/h6H,5,11H2,1-4H3,(H,12,13). The van der Waals surface area contributed by atoms with Gasteiger partial charge in [0.05, 0.1) is 9.46 Å². The Bertz CT molecular complexity index is 200. The van der Waals surface area contributed by atoms with E-state index >= 15 is 0 Å². The lowest BCUT2D eigenvalue weighted by molar-refractivity contribution is -0.148. The molecule has 0 heterocycles. The molecule has 0 aliphatic rings. The van der Waals surface area contributed by atoms with E-state index < -0.39 is 11.4 Å². The maximum atomic E-state index is 10.9. The van der Waals surface area contributed by atoms with Crippen LogP contribution in [-0.4, -0.2) is 15.1 Å². The molecule has 78 valence electrons. The van der Waals surface area contributed by atoms with Crippen molar-refractivity contribution in [2.45, 2.75) is 38.2 Å². The van der Waals surface area contributed by atoms with E-state index in [1.807, 2.05) is 13.8 Å². The van der Waals surface area contributed by atoms with Gasteiger partial charge in [-0.1, -0.05) is 36.4 Å². The van der Waals surface area contributed by atoms with Crippen LogP contribution >= 0.6 is 22.6 Å². The molecule has 0 radical (unpaired) electrons. The summed E-state index contributed by atoms with van der Waals surface area (Å²) in [5, 5.41) is 8.94. The van der Waals surface area contributed by atoms with Crippen molar-refractivity contribution < 1.29 is 9.90 Å². The van der Waals surface area contributed by atoms with Crippen LogP contribution in [0, 0.1) is 10.8 Å². The van der Waals surface area contributed by atoms with Crippen LogP contribution < -0.4 is 5.73 Å². The molecule has 13 heavy (non-hydrogen) atoms. The third-order valence-electron chi connectivity index (χ3n) is 2.22. The van der Waals surface area contributed by atoms with Gasteiger partial charge in [0.1, 0.15) is 0 Å². The SMILES string of the molecule is CC(C)(CC(C)(C)C(N)I)C(=O)O. The van der Waals surface area contributed by atoms with E-state index in [0.717, 1.165) is 0 Å². The predicted molar refractivity (Wildman–Crippen MR) is 61.8 cm³/mol. The van der Waals surface area contributed by atoms with Gasteiger partial charge in [0.25, 0.3) is 0 Å². The fraction of sp³-hybridized carbons (Fsp3) is 0.889. The second-order valence-electron chi connectivity index (χ2n) is 4.76. The van der Waals surface area contributed by atoms with Gasteiger partial charge in [-0.25, -0.2) is 0 Å². The molecule has 0 spiro atoms. The second-order valence-corrected chi connectivity index (χ2v) is 6.10. The van der Waals surface area contributed by atoms with Crippen LogP contribution in [0.3, 0.4) is 0 Å². The molecule has 0 aromatic rings. The van der Waals surface area contributed by atoms with E-state index in [1.54, 1.807) is 13.8 Å². The number of alkyl halides is 1. The van der Waals surface area contributed by atoms with Crippen molar-refractivity contribution in [2.75, 3.05) is 0 Å². The Morgan fingerprint density at radius 1 is 1.46 bits per heavy atom. The molecule has 0 saturated heterocycles. The number of rotatable bonds is 4. The average Bonchev–Trinajstić information content (AvgIpc) is 1.83. The molecule has 0 aliphatic heterocycles. The van der Waals surface area contributed by atoms with Crippen LogP contribution in [0.15, 0.2) is 0 Å². The monoisotopic (exact) mass is 299 g/mol. The van der Waals surface area contributed by atoms with E-state index in [4.69, 9.17) is 10.8 Å². The molecular formula is C9H18INO2. The van der Waals surface area contributed by atoms with Crippen LogP contribution in [0.1, 0.15) is 34.1 Å². The van der Waals surface area contributed by atoms with Crippen LogP contribution in [0.25, 0.3) is 0 Å². The number of hydrogen-bond donors (Lipinski definition) is 2. The van der Waals surface area contributed by atoms with E-state index in [9.17, 15) is 4.79 Å². The normalized spacial score (nSPS) is 15.5. The smallest absolute Gasteiger partial charge is 0.309 e. The molecule has 1 unspecified atom stereocenters.